The van der Waals surface area contributed by atoms with Crippen molar-refractivity contribution >= 4 is 68.1 Å². The Hall–Kier alpha value is -2.06. The van der Waals surface area contributed by atoms with Crippen molar-refractivity contribution in [1.29, 1.82) is 0 Å². The van der Waals surface area contributed by atoms with E-state index in [4.69, 9.17) is 34.8 Å². The Morgan fingerprint density at radius 1 is 0.971 bits per heavy atom. The summed E-state index contributed by atoms with van der Waals surface area (Å²) in [6.45, 7) is 0. The number of hydrogen-bond donors (Lipinski definition) is 1. The molecule has 1 amide bonds. The first-order chi connectivity index (χ1) is 16.0. The van der Waals surface area contributed by atoms with Crippen molar-refractivity contribution < 1.29 is 22.8 Å². The van der Waals surface area contributed by atoms with E-state index in [1.54, 1.807) is 6.07 Å². The standard InChI is InChI=1S/C24H14BrCl3F3NO2/c25-13-5-12(6-15(30)8-13)21-22(24(21,27)28)23(34)32-16-3-4-18(26)17(10-16)20(33)7-11-1-2-14(29)9-19(11)31/h1-6,8-10,21-22H,7H2,(H,32,34). The van der Waals surface area contributed by atoms with E-state index in [9.17, 15) is 22.8 Å². The van der Waals surface area contributed by atoms with Gasteiger partial charge in [-0.2, -0.15) is 0 Å². The largest absolute Gasteiger partial charge is 0.326 e. The zero-order chi connectivity index (χ0) is 24.8. The summed E-state index contributed by atoms with van der Waals surface area (Å²) in [5.74, 6) is -4.66. The van der Waals surface area contributed by atoms with E-state index >= 15 is 0 Å². The highest BCUT2D eigenvalue weighted by atomic mass is 79.9. The predicted octanol–water partition coefficient (Wildman–Crippen LogP) is 7.47. The predicted molar refractivity (Wildman–Crippen MR) is 129 cm³/mol. The number of anilines is 1. The van der Waals surface area contributed by atoms with Crippen molar-refractivity contribution in [2.45, 2.75) is 16.7 Å². The average molecular weight is 592 g/mol. The smallest absolute Gasteiger partial charge is 0.231 e. The van der Waals surface area contributed by atoms with E-state index in [0.717, 1.165) is 6.07 Å². The Kier molecular flexibility index (Phi) is 7.02. The van der Waals surface area contributed by atoms with Crippen LogP contribution in [-0.2, 0) is 11.2 Å². The number of nitrogens with one attached hydrogen (secondary N) is 1. The summed E-state index contributed by atoms with van der Waals surface area (Å²) in [5, 5.41) is 2.75. The second-order valence-corrected chi connectivity index (χ2v) is 10.6. The Morgan fingerprint density at radius 3 is 2.38 bits per heavy atom. The minimum absolute atomic E-state index is 0.00745. The number of rotatable bonds is 6. The number of amides is 1. The Bertz CT molecular complexity index is 1300. The van der Waals surface area contributed by atoms with Gasteiger partial charge >= 0.3 is 0 Å². The van der Waals surface area contributed by atoms with Gasteiger partial charge in [-0.3, -0.25) is 9.59 Å². The molecule has 1 saturated carbocycles. The zero-order valence-electron chi connectivity index (χ0n) is 17.0. The summed E-state index contributed by atoms with van der Waals surface area (Å²) in [4.78, 5) is 25.6. The first-order valence-electron chi connectivity index (χ1n) is 9.88. The molecule has 0 aromatic heterocycles. The van der Waals surface area contributed by atoms with Crippen LogP contribution in [0.25, 0.3) is 0 Å². The monoisotopic (exact) mass is 589 g/mol. The van der Waals surface area contributed by atoms with Crippen LogP contribution in [0.3, 0.4) is 0 Å². The summed E-state index contributed by atoms with van der Waals surface area (Å²) in [5.41, 5.74) is 0.763. The highest BCUT2D eigenvalue weighted by Crippen LogP contribution is 2.65. The van der Waals surface area contributed by atoms with Gasteiger partial charge in [-0.25, -0.2) is 13.2 Å². The number of halogens is 7. The third-order valence-electron chi connectivity index (χ3n) is 5.48. The highest BCUT2D eigenvalue weighted by Gasteiger charge is 2.67. The van der Waals surface area contributed by atoms with Crippen LogP contribution in [0.2, 0.25) is 5.02 Å². The van der Waals surface area contributed by atoms with Crippen molar-refractivity contribution in [3.8, 4) is 0 Å². The van der Waals surface area contributed by atoms with E-state index in [0.29, 0.717) is 16.1 Å². The van der Waals surface area contributed by atoms with Gasteiger partial charge in [-0.15, -0.1) is 23.2 Å². The van der Waals surface area contributed by atoms with Gasteiger partial charge < -0.3 is 5.32 Å². The fraction of sp³-hybridized carbons (Fsp3) is 0.167. The third-order valence-corrected chi connectivity index (χ3v) is 7.21. The fourth-order valence-corrected chi connectivity index (χ4v) is 5.33. The molecule has 3 aromatic rings. The summed E-state index contributed by atoms with van der Waals surface area (Å²) in [7, 11) is 0. The summed E-state index contributed by atoms with van der Waals surface area (Å²) < 4.78 is 39.9. The van der Waals surface area contributed by atoms with E-state index < -0.39 is 45.3 Å². The van der Waals surface area contributed by atoms with Crippen LogP contribution >= 0.6 is 50.7 Å². The number of hydrogen-bond acceptors (Lipinski definition) is 2. The van der Waals surface area contributed by atoms with Gasteiger partial charge in [-0.05, 0) is 53.6 Å². The van der Waals surface area contributed by atoms with Gasteiger partial charge in [0, 0.05) is 34.1 Å². The van der Waals surface area contributed by atoms with Gasteiger partial charge in [0.2, 0.25) is 5.91 Å². The van der Waals surface area contributed by atoms with Gasteiger partial charge in [-0.1, -0.05) is 33.6 Å². The minimum atomic E-state index is -1.44. The van der Waals surface area contributed by atoms with Crippen molar-refractivity contribution in [2.75, 3.05) is 5.32 Å². The number of ketones is 1. The molecule has 176 valence electrons. The fourth-order valence-electron chi connectivity index (χ4n) is 3.79. The van der Waals surface area contributed by atoms with Crippen molar-refractivity contribution in [2.24, 2.45) is 5.92 Å². The summed E-state index contributed by atoms with van der Waals surface area (Å²) in [6, 6.07) is 11.3. The van der Waals surface area contributed by atoms with Gasteiger partial charge in [0.05, 0.1) is 10.9 Å². The van der Waals surface area contributed by atoms with Crippen molar-refractivity contribution in [3.63, 3.8) is 0 Å². The lowest BCUT2D eigenvalue weighted by Crippen LogP contribution is -2.17. The Morgan fingerprint density at radius 2 is 1.71 bits per heavy atom. The molecule has 1 aliphatic rings. The van der Waals surface area contributed by atoms with E-state index in [-0.39, 0.29) is 28.3 Å². The van der Waals surface area contributed by atoms with Crippen LogP contribution in [0.5, 0.6) is 0 Å². The summed E-state index contributed by atoms with van der Waals surface area (Å²) >= 11 is 22.0. The third kappa shape index (κ3) is 5.13. The molecule has 0 saturated heterocycles. The van der Waals surface area contributed by atoms with Crippen LogP contribution < -0.4 is 5.32 Å². The van der Waals surface area contributed by atoms with E-state index in [2.05, 4.69) is 21.2 Å². The van der Waals surface area contributed by atoms with Gasteiger partial charge in [0.15, 0.2) is 5.78 Å². The molecule has 3 aromatic carbocycles. The lowest BCUT2D eigenvalue weighted by atomic mass is 10.0. The Labute approximate surface area is 216 Å². The first kappa shape index (κ1) is 25.0. The van der Waals surface area contributed by atoms with Crippen LogP contribution in [0, 0.1) is 23.4 Å². The molecular formula is C24H14BrCl3F3NO2. The number of carbonyl (C=O) groups is 2. The molecule has 34 heavy (non-hydrogen) atoms. The lowest BCUT2D eigenvalue weighted by molar-refractivity contribution is -0.117. The molecule has 3 nitrogen and oxygen atoms in total. The quantitative estimate of drug-likeness (QED) is 0.239. The maximum atomic E-state index is 13.9. The highest BCUT2D eigenvalue weighted by molar-refractivity contribution is 9.10. The second-order valence-electron chi connectivity index (χ2n) is 7.85. The van der Waals surface area contributed by atoms with Crippen molar-refractivity contribution in [1.82, 2.24) is 0 Å². The van der Waals surface area contributed by atoms with Gasteiger partial charge in [0.1, 0.15) is 21.8 Å². The zero-order valence-corrected chi connectivity index (χ0v) is 20.9. The number of carbonyl (C=O) groups excluding carboxylic acids is 2. The molecular weight excluding hydrogens is 578 g/mol. The molecule has 0 spiro atoms. The molecule has 0 heterocycles. The molecule has 1 aliphatic carbocycles. The molecule has 2 unspecified atom stereocenters. The number of alkyl halides is 2. The molecule has 0 aliphatic heterocycles. The van der Waals surface area contributed by atoms with Crippen LogP contribution in [-0.4, -0.2) is 16.0 Å². The van der Waals surface area contributed by atoms with E-state index in [1.165, 1.54) is 36.4 Å². The second kappa shape index (κ2) is 9.53. The van der Waals surface area contributed by atoms with Crippen LogP contribution in [0.4, 0.5) is 18.9 Å². The maximum Gasteiger partial charge on any atom is 0.231 e. The number of Topliss-reactive ketones (excluding diaryl/α,β-unsaturated/α-hetero) is 1. The molecule has 4 rings (SSSR count). The van der Waals surface area contributed by atoms with Gasteiger partial charge in [0.25, 0.3) is 0 Å². The molecule has 1 N–H and O–H groups in total. The lowest BCUT2D eigenvalue weighted by Gasteiger charge is -2.10. The minimum Gasteiger partial charge on any atom is -0.326 e. The van der Waals surface area contributed by atoms with Crippen molar-refractivity contribution in [3.05, 3.63) is 98.2 Å². The summed E-state index contributed by atoms with van der Waals surface area (Å²) in [6.07, 6.45) is -0.352. The number of benzene rings is 3. The molecule has 0 bridgehead atoms. The topological polar surface area (TPSA) is 46.2 Å². The van der Waals surface area contributed by atoms with E-state index in [1.807, 2.05) is 0 Å². The Balaban J connectivity index is 1.52. The maximum absolute atomic E-state index is 13.9. The SMILES string of the molecule is O=C(Cc1ccc(F)cc1F)c1cc(NC(=O)C2C(c3cc(F)cc(Br)c3)C2(Cl)Cl)ccc1Cl. The molecule has 0 radical (unpaired) electrons. The van der Waals surface area contributed by atoms with Crippen LogP contribution in [0.1, 0.15) is 27.4 Å². The molecule has 2 atom stereocenters. The normalized spacial score (nSPS) is 18.4. The first-order valence-corrected chi connectivity index (χ1v) is 11.8. The molecule has 10 heteroatoms. The molecule has 1 fully saturated rings. The van der Waals surface area contributed by atoms with Crippen LogP contribution in [0.15, 0.2) is 59.1 Å². The average Bonchev–Trinajstić information content (AvgIpc) is 3.33.